The number of aromatic nitrogens is 3. The van der Waals surface area contributed by atoms with Crippen LogP contribution in [0, 0.1) is 11.8 Å². The van der Waals surface area contributed by atoms with Gasteiger partial charge in [-0.3, -0.25) is 0 Å². The molecular weight excluding hydrogens is 334 g/mol. The van der Waals surface area contributed by atoms with Gasteiger partial charge in [0.15, 0.2) is 0 Å². The number of nitrogens with zero attached hydrogens (tertiary/aromatic N) is 3. The van der Waals surface area contributed by atoms with E-state index in [2.05, 4.69) is 59.2 Å². The monoisotopic (exact) mass is 371 g/mol. The number of hydrogen-bond acceptors (Lipinski definition) is 4. The Kier molecular flexibility index (Phi) is 7.11. The van der Waals surface area contributed by atoms with Gasteiger partial charge in [0.1, 0.15) is 17.8 Å². The third-order valence-electron chi connectivity index (χ3n) is 6.62. The van der Waals surface area contributed by atoms with E-state index < -0.39 is 0 Å². The van der Waals surface area contributed by atoms with Crippen LogP contribution in [0.3, 0.4) is 0 Å². The van der Waals surface area contributed by atoms with E-state index in [9.17, 15) is 0 Å². The molecule has 2 saturated carbocycles. The molecule has 0 aliphatic heterocycles. The maximum atomic E-state index is 4.47. The summed E-state index contributed by atoms with van der Waals surface area (Å²) in [4.78, 5) is 14.2. The maximum absolute atomic E-state index is 4.47. The summed E-state index contributed by atoms with van der Waals surface area (Å²) >= 11 is 0. The highest BCUT2D eigenvalue weighted by Crippen LogP contribution is 2.31. The first-order valence-corrected chi connectivity index (χ1v) is 10.8. The molecule has 0 spiro atoms. The lowest BCUT2D eigenvalue weighted by Gasteiger charge is -2.34. The molecule has 0 unspecified atom stereocenters. The molecule has 2 N–H and O–H groups in total. The number of hydrogen-bond donors (Lipinski definition) is 2. The second-order valence-corrected chi connectivity index (χ2v) is 8.71. The molecule has 0 amide bonds. The van der Waals surface area contributed by atoms with E-state index in [1.54, 1.807) is 6.33 Å². The minimum atomic E-state index is 0.620. The summed E-state index contributed by atoms with van der Waals surface area (Å²) in [6, 6.07) is 3.50. The normalized spacial score (nSPS) is 28.4. The Morgan fingerprint density at radius 1 is 0.963 bits per heavy atom. The lowest BCUT2D eigenvalue weighted by atomic mass is 9.87. The topological polar surface area (TPSA) is 56.8 Å². The van der Waals surface area contributed by atoms with Crippen LogP contribution in [0.2, 0.25) is 0 Å². The van der Waals surface area contributed by atoms with Gasteiger partial charge in [0, 0.05) is 25.3 Å². The summed E-state index contributed by atoms with van der Waals surface area (Å²) in [6.45, 7) is 4.71. The van der Waals surface area contributed by atoms with Gasteiger partial charge in [-0.1, -0.05) is 13.8 Å². The summed E-state index contributed by atoms with van der Waals surface area (Å²) in [5.41, 5.74) is 0.927. The minimum absolute atomic E-state index is 0.620. The molecule has 4 rings (SSSR count). The molecule has 2 aromatic heterocycles. The van der Waals surface area contributed by atoms with Gasteiger partial charge in [0.05, 0.1) is 5.39 Å². The second kappa shape index (κ2) is 9.54. The standard InChI is InChI=1S/C14H20N4.C8H17N/c1-10-3-5-11(6-4-10)18(2)14-12-7-8-15-13(12)16-9-17-14;1-7-3-5-8(9-2)6-4-7/h7-11H,3-6H2,1-2H3,(H,15,16,17);7-9H,3-6H2,1-2H3. The molecule has 2 aliphatic carbocycles. The highest BCUT2D eigenvalue weighted by atomic mass is 15.2. The molecule has 2 aliphatic rings. The van der Waals surface area contributed by atoms with E-state index in [4.69, 9.17) is 0 Å². The Balaban J connectivity index is 0.000000197. The molecule has 27 heavy (non-hydrogen) atoms. The molecule has 2 fully saturated rings. The summed E-state index contributed by atoms with van der Waals surface area (Å²) < 4.78 is 0. The third-order valence-corrected chi connectivity index (χ3v) is 6.62. The van der Waals surface area contributed by atoms with Gasteiger partial charge in [-0.05, 0) is 76.3 Å². The van der Waals surface area contributed by atoms with Crippen LogP contribution in [0.15, 0.2) is 18.6 Å². The summed E-state index contributed by atoms with van der Waals surface area (Å²) in [5, 5.41) is 4.45. The predicted molar refractivity (Wildman–Crippen MR) is 114 cm³/mol. The number of nitrogens with one attached hydrogen (secondary N) is 2. The number of aromatic amines is 1. The molecule has 0 atom stereocenters. The molecule has 0 aromatic carbocycles. The van der Waals surface area contributed by atoms with Crippen LogP contribution in [-0.4, -0.2) is 41.1 Å². The zero-order valence-electron chi connectivity index (χ0n) is 17.5. The second-order valence-electron chi connectivity index (χ2n) is 8.71. The van der Waals surface area contributed by atoms with E-state index in [0.29, 0.717) is 6.04 Å². The van der Waals surface area contributed by atoms with Gasteiger partial charge in [0.25, 0.3) is 0 Å². The van der Waals surface area contributed by atoms with Crippen LogP contribution in [0.4, 0.5) is 5.82 Å². The molecule has 5 nitrogen and oxygen atoms in total. The highest BCUT2D eigenvalue weighted by Gasteiger charge is 2.23. The number of anilines is 1. The Bertz CT molecular complexity index is 681. The van der Waals surface area contributed by atoms with Gasteiger partial charge >= 0.3 is 0 Å². The van der Waals surface area contributed by atoms with Crippen molar-refractivity contribution >= 4 is 16.9 Å². The molecule has 0 saturated heterocycles. The number of rotatable bonds is 3. The molecular formula is C22H37N5. The zero-order valence-corrected chi connectivity index (χ0v) is 17.5. The van der Waals surface area contributed by atoms with Gasteiger partial charge < -0.3 is 15.2 Å². The average molecular weight is 372 g/mol. The molecule has 2 heterocycles. The highest BCUT2D eigenvalue weighted by molar-refractivity contribution is 5.87. The molecule has 5 heteroatoms. The van der Waals surface area contributed by atoms with Crippen molar-refractivity contribution in [3.8, 4) is 0 Å². The van der Waals surface area contributed by atoms with Crippen LogP contribution in [0.25, 0.3) is 11.0 Å². The van der Waals surface area contributed by atoms with E-state index in [1.807, 2.05) is 6.20 Å². The van der Waals surface area contributed by atoms with Crippen molar-refractivity contribution in [3.63, 3.8) is 0 Å². The van der Waals surface area contributed by atoms with E-state index >= 15 is 0 Å². The summed E-state index contributed by atoms with van der Waals surface area (Å²) in [6.07, 6.45) is 14.4. The van der Waals surface area contributed by atoms with E-state index in [-0.39, 0.29) is 0 Å². The summed E-state index contributed by atoms with van der Waals surface area (Å²) in [5.74, 6) is 2.92. The Labute approximate surface area is 164 Å². The smallest absolute Gasteiger partial charge is 0.142 e. The van der Waals surface area contributed by atoms with Gasteiger partial charge in [-0.15, -0.1) is 0 Å². The van der Waals surface area contributed by atoms with Crippen LogP contribution >= 0.6 is 0 Å². The Morgan fingerprint density at radius 2 is 1.59 bits per heavy atom. The van der Waals surface area contributed by atoms with Crippen LogP contribution in [0.1, 0.15) is 65.2 Å². The Hall–Kier alpha value is -1.62. The minimum Gasteiger partial charge on any atom is -0.356 e. The van der Waals surface area contributed by atoms with E-state index in [1.165, 1.54) is 51.4 Å². The zero-order chi connectivity index (χ0) is 19.2. The van der Waals surface area contributed by atoms with E-state index in [0.717, 1.165) is 34.7 Å². The van der Waals surface area contributed by atoms with Crippen molar-refractivity contribution in [2.45, 2.75) is 77.3 Å². The fraction of sp³-hybridized carbons (Fsp3) is 0.727. The quantitative estimate of drug-likeness (QED) is 0.817. The number of H-pyrrole nitrogens is 1. The van der Waals surface area contributed by atoms with Crippen LogP contribution in [0.5, 0.6) is 0 Å². The molecule has 0 bridgehead atoms. The van der Waals surface area contributed by atoms with Crippen molar-refractivity contribution in [1.29, 1.82) is 0 Å². The molecule has 0 radical (unpaired) electrons. The lowest BCUT2D eigenvalue weighted by Crippen LogP contribution is -2.35. The van der Waals surface area contributed by atoms with Crippen LogP contribution in [-0.2, 0) is 0 Å². The first kappa shape index (κ1) is 20.1. The molecule has 2 aromatic rings. The van der Waals surface area contributed by atoms with Crippen molar-refractivity contribution in [3.05, 3.63) is 18.6 Å². The van der Waals surface area contributed by atoms with Crippen molar-refractivity contribution in [2.24, 2.45) is 11.8 Å². The lowest BCUT2D eigenvalue weighted by molar-refractivity contribution is 0.319. The fourth-order valence-electron chi connectivity index (χ4n) is 4.49. The van der Waals surface area contributed by atoms with Crippen molar-refractivity contribution in [1.82, 2.24) is 20.3 Å². The first-order chi connectivity index (χ1) is 13.1. The van der Waals surface area contributed by atoms with Gasteiger partial charge in [-0.2, -0.15) is 0 Å². The fourth-order valence-corrected chi connectivity index (χ4v) is 4.49. The largest absolute Gasteiger partial charge is 0.356 e. The number of fused-ring (bicyclic) bond motifs is 1. The third kappa shape index (κ3) is 5.22. The van der Waals surface area contributed by atoms with Crippen molar-refractivity contribution < 1.29 is 0 Å². The average Bonchev–Trinajstić information content (AvgIpc) is 3.18. The SMILES string of the molecule is CC1CCC(N(C)c2ncnc3[nH]ccc23)CC1.CNC1CCC(C)CC1. The summed E-state index contributed by atoms with van der Waals surface area (Å²) in [7, 11) is 4.23. The van der Waals surface area contributed by atoms with Gasteiger partial charge in [-0.25, -0.2) is 9.97 Å². The maximum Gasteiger partial charge on any atom is 0.142 e. The van der Waals surface area contributed by atoms with Crippen LogP contribution < -0.4 is 10.2 Å². The van der Waals surface area contributed by atoms with Crippen molar-refractivity contribution in [2.75, 3.05) is 19.0 Å². The molecule has 150 valence electrons. The first-order valence-electron chi connectivity index (χ1n) is 10.8. The Morgan fingerprint density at radius 3 is 2.22 bits per heavy atom. The predicted octanol–water partition coefficient (Wildman–Crippen LogP) is 4.76. The van der Waals surface area contributed by atoms with Gasteiger partial charge in [0.2, 0.25) is 0 Å².